The van der Waals surface area contributed by atoms with Crippen molar-refractivity contribution in [2.75, 3.05) is 19.0 Å². The largest absolute Gasteiger partial charge is 0.468 e. The third-order valence-electron chi connectivity index (χ3n) is 5.28. The number of nitrogens with zero attached hydrogens (tertiary/aromatic N) is 1. The zero-order chi connectivity index (χ0) is 25.5. The van der Waals surface area contributed by atoms with Crippen molar-refractivity contribution >= 4 is 23.5 Å². The van der Waals surface area contributed by atoms with Crippen molar-refractivity contribution in [2.24, 2.45) is 0 Å². The van der Waals surface area contributed by atoms with Gasteiger partial charge in [0.05, 0.1) is 30.9 Å². The minimum Gasteiger partial charge on any atom is -0.468 e. The predicted molar refractivity (Wildman–Crippen MR) is 130 cm³/mol. The molecule has 0 unspecified atom stereocenters. The number of nitrogens with one attached hydrogen (secondary N) is 2. The molecule has 8 nitrogen and oxygen atoms in total. The first kappa shape index (κ1) is 24.3. The van der Waals surface area contributed by atoms with E-state index in [1.165, 1.54) is 19.4 Å². The first-order chi connectivity index (χ1) is 17.4. The van der Waals surface area contributed by atoms with Gasteiger partial charge in [0.2, 0.25) is 11.8 Å². The number of rotatable bonds is 8. The smallest absolute Gasteiger partial charge is 0.325 e. The van der Waals surface area contributed by atoms with Gasteiger partial charge in [-0.3, -0.25) is 14.4 Å². The molecule has 0 saturated heterocycles. The van der Waals surface area contributed by atoms with Gasteiger partial charge in [-0.25, -0.2) is 9.37 Å². The van der Waals surface area contributed by atoms with E-state index in [0.717, 1.165) is 0 Å². The van der Waals surface area contributed by atoms with Crippen LogP contribution < -0.4 is 10.6 Å². The molecule has 9 heteroatoms. The summed E-state index contributed by atoms with van der Waals surface area (Å²) < 4.78 is 24.4. The number of carbonyl (C=O) groups is 3. The van der Waals surface area contributed by atoms with Crippen LogP contribution >= 0.6 is 0 Å². The van der Waals surface area contributed by atoms with Crippen molar-refractivity contribution in [1.82, 2.24) is 10.3 Å². The van der Waals surface area contributed by atoms with Crippen LogP contribution in [0.5, 0.6) is 0 Å². The lowest BCUT2D eigenvalue weighted by Gasteiger charge is -2.09. The van der Waals surface area contributed by atoms with E-state index in [2.05, 4.69) is 20.4 Å². The first-order valence-corrected chi connectivity index (χ1v) is 11.0. The van der Waals surface area contributed by atoms with Crippen molar-refractivity contribution in [3.63, 3.8) is 0 Å². The number of aromatic nitrogens is 1. The lowest BCUT2D eigenvalue weighted by atomic mass is 10.1. The number of amides is 2. The number of esters is 1. The van der Waals surface area contributed by atoms with E-state index in [-0.39, 0.29) is 42.0 Å². The van der Waals surface area contributed by atoms with E-state index in [1.807, 2.05) is 0 Å². The Morgan fingerprint density at radius 1 is 0.944 bits per heavy atom. The normalized spacial score (nSPS) is 10.5. The van der Waals surface area contributed by atoms with E-state index >= 15 is 0 Å². The third kappa shape index (κ3) is 5.82. The Kier molecular flexibility index (Phi) is 7.50. The van der Waals surface area contributed by atoms with Crippen LogP contribution in [0.3, 0.4) is 0 Å². The monoisotopic (exact) mass is 487 g/mol. The van der Waals surface area contributed by atoms with Crippen molar-refractivity contribution in [1.29, 1.82) is 0 Å². The molecule has 0 radical (unpaired) electrons. The summed E-state index contributed by atoms with van der Waals surface area (Å²) >= 11 is 0. The molecule has 2 amide bonds. The van der Waals surface area contributed by atoms with Crippen LogP contribution in [0.25, 0.3) is 22.8 Å². The number of methoxy groups -OCH3 is 1. The molecular formula is C27H22FN3O5. The fourth-order valence-electron chi connectivity index (χ4n) is 3.45. The molecule has 0 fully saturated rings. The standard InChI is InChI=1S/C27H22FN3O5/c1-35-25(33)16-29-24(32)14-17-10-12-18(13-11-17)31-26(34)19-6-2-3-7-20(19)27-30-15-23(36-27)21-8-4-5-9-22(21)28/h2-13,15H,14,16H2,1H3,(H,29,32)(H,31,34). The van der Waals surface area contributed by atoms with E-state index in [9.17, 15) is 18.8 Å². The molecule has 0 aliphatic rings. The minimum absolute atomic E-state index is 0.0720. The molecular weight excluding hydrogens is 465 g/mol. The Morgan fingerprint density at radius 3 is 2.36 bits per heavy atom. The maximum absolute atomic E-state index is 14.1. The second kappa shape index (κ2) is 11.1. The Balaban J connectivity index is 1.45. The van der Waals surface area contributed by atoms with Crippen LogP contribution in [0, 0.1) is 5.82 Å². The first-order valence-electron chi connectivity index (χ1n) is 11.0. The number of oxazole rings is 1. The second-order valence-electron chi connectivity index (χ2n) is 7.74. The molecule has 1 heterocycles. The number of halogens is 1. The number of hydrogen-bond donors (Lipinski definition) is 2. The summed E-state index contributed by atoms with van der Waals surface area (Å²) in [7, 11) is 1.24. The molecule has 0 bridgehead atoms. The average Bonchev–Trinajstić information content (AvgIpc) is 3.38. The minimum atomic E-state index is -0.533. The molecule has 0 spiro atoms. The molecule has 1 aromatic heterocycles. The Labute approximate surface area is 206 Å². The van der Waals surface area contributed by atoms with Gasteiger partial charge in [-0.1, -0.05) is 36.4 Å². The van der Waals surface area contributed by atoms with E-state index in [0.29, 0.717) is 22.4 Å². The van der Waals surface area contributed by atoms with E-state index in [1.54, 1.807) is 66.7 Å². The van der Waals surface area contributed by atoms with Gasteiger partial charge in [-0.15, -0.1) is 0 Å². The Bertz CT molecular complexity index is 1400. The maximum atomic E-state index is 14.1. The molecule has 2 N–H and O–H groups in total. The quantitative estimate of drug-likeness (QED) is 0.360. The molecule has 3 aromatic carbocycles. The highest BCUT2D eigenvalue weighted by Crippen LogP contribution is 2.30. The highest BCUT2D eigenvalue weighted by atomic mass is 19.1. The van der Waals surface area contributed by atoms with E-state index in [4.69, 9.17) is 4.42 Å². The van der Waals surface area contributed by atoms with Crippen LogP contribution in [0.4, 0.5) is 10.1 Å². The van der Waals surface area contributed by atoms with Gasteiger partial charge in [0.25, 0.3) is 5.91 Å². The fraction of sp³-hybridized carbons (Fsp3) is 0.111. The average molecular weight is 487 g/mol. The third-order valence-corrected chi connectivity index (χ3v) is 5.28. The molecule has 0 aliphatic heterocycles. The molecule has 36 heavy (non-hydrogen) atoms. The lowest BCUT2D eigenvalue weighted by molar-refractivity contribution is -0.141. The van der Waals surface area contributed by atoms with Crippen LogP contribution in [0.2, 0.25) is 0 Å². The van der Waals surface area contributed by atoms with Gasteiger partial charge in [-0.2, -0.15) is 0 Å². The van der Waals surface area contributed by atoms with Crippen LogP contribution in [-0.2, 0) is 20.7 Å². The number of anilines is 1. The second-order valence-corrected chi connectivity index (χ2v) is 7.74. The summed E-state index contributed by atoms with van der Waals surface area (Å²) in [6, 6.07) is 19.7. The number of ether oxygens (including phenoxy) is 1. The summed E-state index contributed by atoms with van der Waals surface area (Å²) in [5, 5.41) is 5.28. The zero-order valence-corrected chi connectivity index (χ0v) is 19.3. The van der Waals surface area contributed by atoms with Gasteiger partial charge >= 0.3 is 5.97 Å². The highest BCUT2D eigenvalue weighted by Gasteiger charge is 2.18. The summed E-state index contributed by atoms with van der Waals surface area (Å²) in [5.74, 6) is -1.24. The predicted octanol–water partition coefficient (Wildman–Crippen LogP) is 4.23. The zero-order valence-electron chi connectivity index (χ0n) is 19.3. The van der Waals surface area contributed by atoms with Gasteiger partial charge in [-0.05, 0) is 42.0 Å². The summed E-state index contributed by atoms with van der Waals surface area (Å²) in [4.78, 5) is 40.3. The van der Waals surface area contributed by atoms with E-state index < -0.39 is 11.8 Å². The number of hydrogen-bond acceptors (Lipinski definition) is 6. The van der Waals surface area contributed by atoms with Crippen molar-refractivity contribution < 1.29 is 27.9 Å². The Morgan fingerprint density at radius 2 is 1.64 bits per heavy atom. The van der Waals surface area contributed by atoms with Crippen molar-refractivity contribution in [2.45, 2.75) is 6.42 Å². The number of carbonyl (C=O) groups excluding carboxylic acids is 3. The summed E-state index contributed by atoms with van der Waals surface area (Å²) in [6.07, 6.45) is 1.49. The summed E-state index contributed by atoms with van der Waals surface area (Å²) in [5.41, 5.74) is 2.28. The molecule has 4 rings (SSSR count). The van der Waals surface area contributed by atoms with Crippen molar-refractivity contribution in [3.8, 4) is 22.8 Å². The maximum Gasteiger partial charge on any atom is 0.325 e. The molecule has 0 aliphatic carbocycles. The molecule has 4 aromatic rings. The molecule has 182 valence electrons. The van der Waals surface area contributed by atoms with Crippen LogP contribution in [-0.4, -0.2) is 36.4 Å². The molecule has 0 atom stereocenters. The SMILES string of the molecule is COC(=O)CNC(=O)Cc1ccc(NC(=O)c2ccccc2-c2ncc(-c3ccccc3F)o2)cc1. The topological polar surface area (TPSA) is 111 Å². The van der Waals surface area contributed by atoms with Gasteiger partial charge < -0.3 is 19.8 Å². The Hall–Kier alpha value is -4.79. The summed E-state index contributed by atoms with van der Waals surface area (Å²) in [6.45, 7) is -0.199. The van der Waals surface area contributed by atoms with Gasteiger partial charge in [0.15, 0.2) is 5.76 Å². The van der Waals surface area contributed by atoms with Gasteiger partial charge in [0.1, 0.15) is 12.4 Å². The fourth-order valence-corrected chi connectivity index (χ4v) is 3.45. The van der Waals surface area contributed by atoms with Gasteiger partial charge in [0, 0.05) is 11.3 Å². The lowest BCUT2D eigenvalue weighted by Crippen LogP contribution is -2.31. The number of benzene rings is 3. The van der Waals surface area contributed by atoms with Crippen LogP contribution in [0.1, 0.15) is 15.9 Å². The van der Waals surface area contributed by atoms with Crippen LogP contribution in [0.15, 0.2) is 83.4 Å². The molecule has 0 saturated carbocycles. The highest BCUT2D eigenvalue weighted by molar-refractivity contribution is 6.08. The van der Waals surface area contributed by atoms with Crippen molar-refractivity contribution in [3.05, 3.63) is 95.9 Å².